The topological polar surface area (TPSA) is 52.1 Å². The van der Waals surface area contributed by atoms with Crippen molar-refractivity contribution < 1.29 is 4.74 Å². The Morgan fingerprint density at radius 2 is 2.00 bits per heavy atom. The Hall–Kier alpha value is -1.79. The molecule has 0 spiro atoms. The zero-order valence-corrected chi connectivity index (χ0v) is 17.5. The number of benzene rings is 1. The molecular weight excluding hydrogens is 338 g/mol. The number of guanidine groups is 1. The number of ether oxygens (including phenoxy) is 1. The molecule has 27 heavy (non-hydrogen) atoms. The molecule has 152 valence electrons. The van der Waals surface area contributed by atoms with E-state index in [0.717, 1.165) is 23.8 Å². The van der Waals surface area contributed by atoms with Crippen LogP contribution in [0.4, 0.5) is 0 Å². The van der Waals surface area contributed by atoms with Crippen LogP contribution >= 0.6 is 0 Å². The Bertz CT molecular complexity index is 567. The van der Waals surface area contributed by atoms with Gasteiger partial charge >= 0.3 is 0 Å². The molecule has 1 saturated heterocycles. The molecule has 0 radical (unpaired) electrons. The van der Waals surface area contributed by atoms with E-state index < -0.39 is 0 Å². The fourth-order valence-electron chi connectivity index (χ4n) is 3.31. The molecule has 0 atom stereocenters. The Morgan fingerprint density at radius 3 is 2.67 bits per heavy atom. The van der Waals surface area contributed by atoms with Crippen molar-refractivity contribution in [2.24, 2.45) is 4.99 Å². The highest BCUT2D eigenvalue weighted by atomic mass is 16.5. The Kier molecular flexibility index (Phi) is 9.42. The molecule has 1 aliphatic heterocycles. The zero-order valence-electron chi connectivity index (χ0n) is 17.5. The van der Waals surface area contributed by atoms with Crippen LogP contribution in [0.25, 0.3) is 0 Å². The quantitative estimate of drug-likeness (QED) is 0.512. The van der Waals surface area contributed by atoms with Gasteiger partial charge in [-0.25, -0.2) is 0 Å². The standard InChI is InChI=1S/C21H37N5O/c1-5-12-26-13-10-19(11-14-26)24-21(22-2)23-17-18-8-6-7-9-20(18)27-16-15-25(3)4/h6-9,19H,5,10-17H2,1-4H3,(H2,22,23,24). The van der Waals surface area contributed by atoms with E-state index >= 15 is 0 Å². The fraction of sp³-hybridized carbons (Fsp3) is 0.667. The van der Waals surface area contributed by atoms with Crippen LogP contribution in [0.5, 0.6) is 5.75 Å². The number of likely N-dealkylation sites (N-methyl/N-ethyl adjacent to an activating group) is 1. The van der Waals surface area contributed by atoms with Crippen molar-refractivity contribution >= 4 is 5.96 Å². The minimum atomic E-state index is 0.496. The summed E-state index contributed by atoms with van der Waals surface area (Å²) in [6.45, 7) is 8.10. The molecule has 1 heterocycles. The molecule has 2 rings (SSSR count). The Balaban J connectivity index is 1.80. The number of para-hydroxylation sites is 1. The van der Waals surface area contributed by atoms with Crippen LogP contribution in [0.15, 0.2) is 29.3 Å². The molecule has 0 unspecified atom stereocenters. The summed E-state index contributed by atoms with van der Waals surface area (Å²) in [7, 11) is 5.94. The fourth-order valence-corrected chi connectivity index (χ4v) is 3.31. The largest absolute Gasteiger partial charge is 0.492 e. The average Bonchev–Trinajstić information content (AvgIpc) is 2.67. The van der Waals surface area contributed by atoms with Crippen molar-refractivity contribution in [1.82, 2.24) is 20.4 Å². The zero-order chi connectivity index (χ0) is 19.5. The number of aliphatic imine (C=N–C) groups is 1. The summed E-state index contributed by atoms with van der Waals surface area (Å²) in [5.41, 5.74) is 1.15. The summed E-state index contributed by atoms with van der Waals surface area (Å²) in [4.78, 5) is 9.08. The van der Waals surface area contributed by atoms with Gasteiger partial charge in [-0.1, -0.05) is 25.1 Å². The first-order valence-corrected chi connectivity index (χ1v) is 10.2. The third kappa shape index (κ3) is 7.77. The minimum Gasteiger partial charge on any atom is -0.492 e. The third-order valence-electron chi connectivity index (χ3n) is 4.91. The smallest absolute Gasteiger partial charge is 0.191 e. The van der Waals surface area contributed by atoms with E-state index in [4.69, 9.17) is 4.74 Å². The van der Waals surface area contributed by atoms with Crippen molar-refractivity contribution in [3.8, 4) is 5.75 Å². The first-order chi connectivity index (χ1) is 13.1. The lowest BCUT2D eigenvalue weighted by Gasteiger charge is -2.32. The van der Waals surface area contributed by atoms with Crippen LogP contribution in [-0.2, 0) is 6.54 Å². The lowest BCUT2D eigenvalue weighted by molar-refractivity contribution is 0.206. The van der Waals surface area contributed by atoms with Crippen LogP contribution < -0.4 is 15.4 Å². The summed E-state index contributed by atoms with van der Waals surface area (Å²) < 4.78 is 5.95. The number of nitrogens with zero attached hydrogens (tertiary/aromatic N) is 3. The summed E-state index contributed by atoms with van der Waals surface area (Å²) in [6, 6.07) is 8.71. The van der Waals surface area contributed by atoms with Crippen molar-refractivity contribution in [3.05, 3.63) is 29.8 Å². The highest BCUT2D eigenvalue weighted by molar-refractivity contribution is 5.80. The van der Waals surface area contributed by atoms with Gasteiger partial charge in [0.15, 0.2) is 5.96 Å². The number of piperidine rings is 1. The van der Waals surface area contributed by atoms with Crippen LogP contribution in [0.2, 0.25) is 0 Å². The monoisotopic (exact) mass is 375 g/mol. The van der Waals surface area contributed by atoms with Gasteiger partial charge in [-0.3, -0.25) is 4.99 Å². The lowest BCUT2D eigenvalue weighted by Crippen LogP contribution is -2.48. The molecule has 0 amide bonds. The van der Waals surface area contributed by atoms with E-state index in [1.165, 1.54) is 38.9 Å². The second kappa shape index (κ2) is 11.8. The predicted octanol–water partition coefficient (Wildman–Crippen LogP) is 2.17. The molecule has 6 nitrogen and oxygen atoms in total. The van der Waals surface area contributed by atoms with Crippen molar-refractivity contribution in [3.63, 3.8) is 0 Å². The summed E-state index contributed by atoms with van der Waals surface area (Å²) >= 11 is 0. The molecule has 0 saturated carbocycles. The molecule has 0 aromatic heterocycles. The Morgan fingerprint density at radius 1 is 1.26 bits per heavy atom. The van der Waals surface area contributed by atoms with Crippen LogP contribution in [-0.4, -0.2) is 75.7 Å². The SMILES string of the molecule is CCCN1CCC(NC(=NC)NCc2ccccc2OCCN(C)C)CC1. The maximum absolute atomic E-state index is 5.95. The maximum atomic E-state index is 5.95. The normalized spacial score (nSPS) is 16.6. The van der Waals surface area contributed by atoms with Crippen molar-refractivity contribution in [2.45, 2.75) is 38.8 Å². The molecule has 1 fully saturated rings. The summed E-state index contributed by atoms with van der Waals surface area (Å²) in [6.07, 6.45) is 3.58. The lowest BCUT2D eigenvalue weighted by atomic mass is 10.1. The van der Waals surface area contributed by atoms with Gasteiger partial charge in [0.2, 0.25) is 0 Å². The molecule has 1 aliphatic rings. The maximum Gasteiger partial charge on any atom is 0.191 e. The third-order valence-corrected chi connectivity index (χ3v) is 4.91. The van der Waals surface area contributed by atoms with Crippen molar-refractivity contribution in [1.29, 1.82) is 0 Å². The highest BCUT2D eigenvalue weighted by Gasteiger charge is 2.19. The molecule has 0 aliphatic carbocycles. The summed E-state index contributed by atoms with van der Waals surface area (Å²) in [5.74, 6) is 1.81. The average molecular weight is 376 g/mol. The number of hydrogen-bond donors (Lipinski definition) is 2. The van der Waals surface area contributed by atoms with Crippen LogP contribution in [0, 0.1) is 0 Å². The molecule has 1 aromatic carbocycles. The molecule has 0 bridgehead atoms. The van der Waals surface area contributed by atoms with E-state index in [0.29, 0.717) is 19.2 Å². The van der Waals surface area contributed by atoms with Gasteiger partial charge in [-0.05, 0) is 46.0 Å². The Labute approximate surface area is 165 Å². The number of nitrogens with one attached hydrogen (secondary N) is 2. The van der Waals surface area contributed by atoms with E-state index in [1.54, 1.807) is 0 Å². The minimum absolute atomic E-state index is 0.496. The van der Waals surface area contributed by atoms with Gasteiger partial charge in [-0.2, -0.15) is 0 Å². The van der Waals surface area contributed by atoms with E-state index in [9.17, 15) is 0 Å². The van der Waals surface area contributed by atoms with E-state index in [2.05, 4.69) is 58.6 Å². The molecule has 1 aromatic rings. The molecule has 2 N–H and O–H groups in total. The second-order valence-corrected chi connectivity index (χ2v) is 7.45. The number of hydrogen-bond acceptors (Lipinski definition) is 4. The van der Waals surface area contributed by atoms with Crippen LogP contribution in [0.1, 0.15) is 31.7 Å². The first kappa shape index (κ1) is 21.5. The number of likely N-dealkylation sites (tertiary alicyclic amines) is 1. The second-order valence-electron chi connectivity index (χ2n) is 7.45. The van der Waals surface area contributed by atoms with Gasteiger partial charge in [0.1, 0.15) is 12.4 Å². The van der Waals surface area contributed by atoms with E-state index in [-0.39, 0.29) is 0 Å². The van der Waals surface area contributed by atoms with Crippen molar-refractivity contribution in [2.75, 3.05) is 53.9 Å². The van der Waals surface area contributed by atoms with Gasteiger partial charge in [-0.15, -0.1) is 0 Å². The van der Waals surface area contributed by atoms with Gasteiger partial charge in [0, 0.05) is 44.8 Å². The first-order valence-electron chi connectivity index (χ1n) is 10.2. The van der Waals surface area contributed by atoms with Gasteiger partial charge < -0.3 is 25.2 Å². The predicted molar refractivity (Wildman–Crippen MR) is 114 cm³/mol. The summed E-state index contributed by atoms with van der Waals surface area (Å²) in [5, 5.41) is 7.02. The molecular formula is C21H37N5O. The van der Waals surface area contributed by atoms with Gasteiger partial charge in [0.25, 0.3) is 0 Å². The number of rotatable bonds is 9. The van der Waals surface area contributed by atoms with Crippen LogP contribution in [0.3, 0.4) is 0 Å². The van der Waals surface area contributed by atoms with Gasteiger partial charge in [0.05, 0.1) is 0 Å². The van der Waals surface area contributed by atoms with E-state index in [1.807, 2.05) is 19.2 Å². The molecule has 6 heteroatoms. The highest BCUT2D eigenvalue weighted by Crippen LogP contribution is 2.17.